The Hall–Kier alpha value is -3.35. The number of nitrogens with one attached hydrogen (secondary N) is 2. The molecule has 3 aliphatic rings. The Morgan fingerprint density at radius 3 is 2.54 bits per heavy atom. The second-order valence-electron chi connectivity index (χ2n) is 11.4. The van der Waals surface area contributed by atoms with Gasteiger partial charge in [-0.3, -0.25) is 9.59 Å². The number of hydrogen-bond donors (Lipinski definition) is 3. The molecule has 3 N–H and O–H groups in total. The maximum atomic E-state index is 13.4. The third-order valence-corrected chi connectivity index (χ3v) is 7.88. The van der Waals surface area contributed by atoms with Gasteiger partial charge >= 0.3 is 6.09 Å². The van der Waals surface area contributed by atoms with Gasteiger partial charge in [-0.25, -0.2) is 4.79 Å². The topological polar surface area (TPSA) is 98.7 Å². The predicted molar refractivity (Wildman–Crippen MR) is 135 cm³/mol. The molecule has 5 rings (SSSR count). The van der Waals surface area contributed by atoms with Crippen molar-refractivity contribution in [3.8, 4) is 11.1 Å². The number of carboxylic acid groups (broad SMARTS) is 1. The van der Waals surface area contributed by atoms with E-state index in [1.165, 1.54) is 4.90 Å². The normalized spacial score (nSPS) is 23.7. The van der Waals surface area contributed by atoms with E-state index in [0.717, 1.165) is 40.8 Å². The number of anilines is 1. The van der Waals surface area contributed by atoms with Gasteiger partial charge in [-0.15, -0.1) is 0 Å². The summed E-state index contributed by atoms with van der Waals surface area (Å²) in [6.07, 6.45) is 2.06. The lowest BCUT2D eigenvalue weighted by Crippen LogP contribution is -2.57. The first kappa shape index (κ1) is 23.4. The SMILES string of the molecule is Cc1ccc(C(=O)NC2CC2)cc1-c1ccc2c(c1)NC(=O)C21CCN(C(=O)O)C(C(C)(C)C)C1. The number of amides is 3. The minimum atomic E-state index is -0.935. The molecule has 3 amide bonds. The molecule has 7 heteroatoms. The fraction of sp³-hybridized carbons (Fsp3) is 0.464. The van der Waals surface area contributed by atoms with E-state index in [0.29, 0.717) is 31.0 Å². The maximum Gasteiger partial charge on any atom is 0.407 e. The molecular weight excluding hydrogens is 442 g/mol. The molecule has 2 unspecified atom stereocenters. The fourth-order valence-corrected chi connectivity index (χ4v) is 5.63. The molecule has 2 aromatic carbocycles. The molecule has 0 aromatic heterocycles. The lowest BCUT2D eigenvalue weighted by molar-refractivity contribution is -0.124. The molecule has 2 aromatic rings. The van der Waals surface area contributed by atoms with Gasteiger partial charge < -0.3 is 20.6 Å². The van der Waals surface area contributed by atoms with Gasteiger partial charge in [0, 0.05) is 29.9 Å². The van der Waals surface area contributed by atoms with Crippen molar-refractivity contribution in [2.45, 2.75) is 70.9 Å². The van der Waals surface area contributed by atoms with Crippen LogP contribution in [-0.4, -0.2) is 46.5 Å². The van der Waals surface area contributed by atoms with E-state index < -0.39 is 11.5 Å². The van der Waals surface area contributed by atoms with Gasteiger partial charge in [0.1, 0.15) is 0 Å². The zero-order valence-corrected chi connectivity index (χ0v) is 20.8. The summed E-state index contributed by atoms with van der Waals surface area (Å²) in [4.78, 5) is 39.4. The van der Waals surface area contributed by atoms with Crippen molar-refractivity contribution in [2.75, 3.05) is 11.9 Å². The fourth-order valence-electron chi connectivity index (χ4n) is 5.63. The van der Waals surface area contributed by atoms with Crippen LogP contribution in [-0.2, 0) is 10.2 Å². The molecule has 2 heterocycles. The quantitative estimate of drug-likeness (QED) is 0.586. The Morgan fingerprint density at radius 2 is 1.89 bits per heavy atom. The molecule has 0 bridgehead atoms. The first-order chi connectivity index (χ1) is 16.5. The second-order valence-corrected chi connectivity index (χ2v) is 11.4. The Bertz CT molecular complexity index is 1230. The van der Waals surface area contributed by atoms with Crippen LogP contribution in [0.15, 0.2) is 36.4 Å². The van der Waals surface area contributed by atoms with Crippen LogP contribution in [0.3, 0.4) is 0 Å². The Morgan fingerprint density at radius 1 is 1.14 bits per heavy atom. The number of carbonyl (C=O) groups excluding carboxylic acids is 2. The van der Waals surface area contributed by atoms with Gasteiger partial charge in [-0.1, -0.05) is 39.0 Å². The van der Waals surface area contributed by atoms with Crippen LogP contribution in [0.1, 0.15) is 67.9 Å². The highest BCUT2D eigenvalue weighted by atomic mass is 16.4. The zero-order chi connectivity index (χ0) is 25.1. The van der Waals surface area contributed by atoms with E-state index in [4.69, 9.17) is 0 Å². The molecule has 2 aliphatic heterocycles. The van der Waals surface area contributed by atoms with Crippen molar-refractivity contribution >= 4 is 23.6 Å². The van der Waals surface area contributed by atoms with Gasteiger partial charge in [0.05, 0.1) is 5.41 Å². The summed E-state index contributed by atoms with van der Waals surface area (Å²) in [7, 11) is 0. The molecule has 2 fully saturated rings. The highest BCUT2D eigenvalue weighted by Gasteiger charge is 2.54. The Kier molecular flexibility index (Phi) is 5.42. The number of fused-ring (bicyclic) bond motifs is 2. The molecule has 1 saturated heterocycles. The number of carbonyl (C=O) groups is 3. The van der Waals surface area contributed by atoms with Crippen molar-refractivity contribution in [3.05, 3.63) is 53.1 Å². The minimum absolute atomic E-state index is 0.0550. The molecule has 35 heavy (non-hydrogen) atoms. The Labute approximate surface area is 205 Å². The van der Waals surface area contributed by atoms with E-state index >= 15 is 0 Å². The molecule has 0 radical (unpaired) electrons. The van der Waals surface area contributed by atoms with E-state index in [1.807, 2.05) is 64.1 Å². The first-order valence-corrected chi connectivity index (χ1v) is 12.4. The van der Waals surface area contributed by atoms with E-state index in [9.17, 15) is 19.5 Å². The summed E-state index contributed by atoms with van der Waals surface area (Å²) in [6.45, 7) is 8.42. The molecular formula is C28H33N3O4. The van der Waals surface area contributed by atoms with E-state index in [1.54, 1.807) is 0 Å². The predicted octanol–water partition coefficient (Wildman–Crippen LogP) is 4.93. The van der Waals surface area contributed by atoms with E-state index in [-0.39, 0.29) is 23.3 Å². The van der Waals surface area contributed by atoms with Gasteiger partial charge in [0.15, 0.2) is 0 Å². The maximum absolute atomic E-state index is 13.4. The number of nitrogens with zero attached hydrogens (tertiary/aromatic N) is 1. The van der Waals surface area contributed by atoms with Crippen LogP contribution in [0.2, 0.25) is 0 Å². The van der Waals surface area contributed by atoms with Crippen LogP contribution in [0.4, 0.5) is 10.5 Å². The van der Waals surface area contributed by atoms with Crippen molar-refractivity contribution in [1.82, 2.24) is 10.2 Å². The van der Waals surface area contributed by atoms with Crippen LogP contribution in [0, 0.1) is 12.3 Å². The monoisotopic (exact) mass is 475 g/mol. The first-order valence-electron chi connectivity index (χ1n) is 12.4. The number of piperidine rings is 1. The van der Waals surface area contributed by atoms with Crippen LogP contribution >= 0.6 is 0 Å². The number of rotatable bonds is 3. The summed E-state index contributed by atoms with van der Waals surface area (Å²) in [5.74, 6) is -0.112. The van der Waals surface area contributed by atoms with Crippen molar-refractivity contribution in [1.29, 1.82) is 0 Å². The van der Waals surface area contributed by atoms with Gasteiger partial charge in [0.25, 0.3) is 5.91 Å². The summed E-state index contributed by atoms with van der Waals surface area (Å²) >= 11 is 0. The lowest BCUT2D eigenvalue weighted by Gasteiger charge is -2.48. The molecule has 1 spiro atoms. The van der Waals surface area contributed by atoms with Gasteiger partial charge in [0.2, 0.25) is 5.91 Å². The summed E-state index contributed by atoms with van der Waals surface area (Å²) in [5, 5.41) is 15.9. The third-order valence-electron chi connectivity index (χ3n) is 7.88. The standard InChI is InChI=1S/C28H33N3O4/c1-16-5-6-18(24(32)29-19-8-9-19)13-20(16)17-7-10-21-22(14-17)30-25(33)28(21)11-12-31(26(34)35)23(15-28)27(2,3)4/h5-7,10,13-14,19,23H,8-9,11-12,15H2,1-4H3,(H,29,32)(H,30,33)(H,34,35). The van der Waals surface area contributed by atoms with E-state index in [2.05, 4.69) is 10.6 Å². The highest BCUT2D eigenvalue weighted by Crippen LogP contribution is 2.50. The van der Waals surface area contributed by atoms with Gasteiger partial charge in [-0.2, -0.15) is 0 Å². The van der Waals surface area contributed by atoms with Crippen molar-refractivity contribution in [2.24, 2.45) is 5.41 Å². The van der Waals surface area contributed by atoms with Crippen LogP contribution in [0.5, 0.6) is 0 Å². The van der Waals surface area contributed by atoms with Crippen LogP contribution in [0.25, 0.3) is 11.1 Å². The summed E-state index contributed by atoms with van der Waals surface area (Å²) in [5.41, 5.74) is 4.26. The van der Waals surface area contributed by atoms with Crippen molar-refractivity contribution < 1.29 is 19.5 Å². The number of hydrogen-bond acceptors (Lipinski definition) is 3. The lowest BCUT2D eigenvalue weighted by atomic mass is 9.66. The molecule has 7 nitrogen and oxygen atoms in total. The smallest absolute Gasteiger partial charge is 0.407 e. The third kappa shape index (κ3) is 4.07. The average molecular weight is 476 g/mol. The van der Waals surface area contributed by atoms with Gasteiger partial charge in [-0.05, 0) is 78.5 Å². The highest BCUT2D eigenvalue weighted by molar-refractivity contribution is 6.07. The molecule has 1 saturated carbocycles. The summed E-state index contributed by atoms with van der Waals surface area (Å²) in [6, 6.07) is 11.8. The zero-order valence-electron chi connectivity index (χ0n) is 20.8. The number of benzene rings is 2. The Balaban J connectivity index is 1.49. The molecule has 1 aliphatic carbocycles. The number of likely N-dealkylation sites (tertiary alicyclic amines) is 1. The van der Waals surface area contributed by atoms with Crippen molar-refractivity contribution in [3.63, 3.8) is 0 Å². The molecule has 2 atom stereocenters. The average Bonchev–Trinajstić information content (AvgIpc) is 3.57. The summed E-state index contributed by atoms with van der Waals surface area (Å²) < 4.78 is 0. The van der Waals surface area contributed by atoms with Crippen LogP contribution < -0.4 is 10.6 Å². The largest absolute Gasteiger partial charge is 0.465 e. The second kappa shape index (κ2) is 8.11. The minimum Gasteiger partial charge on any atom is -0.465 e. The number of aryl methyl sites for hydroxylation is 1. The molecule has 184 valence electrons.